The summed E-state index contributed by atoms with van der Waals surface area (Å²) in [7, 11) is 1.33. The largest absolute Gasteiger partial charge is 0.494 e. The quantitative estimate of drug-likeness (QED) is 0.573. The smallest absolute Gasteiger partial charge is 0.235 e. The van der Waals surface area contributed by atoms with Crippen molar-refractivity contribution in [2.75, 3.05) is 7.11 Å². The fraction of sp³-hybridized carbons (Fsp3) is 0.222. The Kier molecular flexibility index (Phi) is 3.63. The molecule has 1 aromatic carbocycles. The fourth-order valence-corrected chi connectivity index (χ4v) is 1.21. The van der Waals surface area contributed by atoms with Crippen molar-refractivity contribution in [1.29, 1.82) is 0 Å². The molecule has 0 unspecified atom stereocenters. The lowest BCUT2D eigenvalue weighted by atomic mass is 10.2. The van der Waals surface area contributed by atoms with E-state index < -0.39 is 5.82 Å². The lowest BCUT2D eigenvalue weighted by Crippen LogP contribution is -1.92. The van der Waals surface area contributed by atoms with E-state index in [4.69, 9.17) is 16.3 Å². The van der Waals surface area contributed by atoms with Crippen LogP contribution in [0.5, 0.6) is 5.75 Å². The number of rotatable bonds is 3. The van der Waals surface area contributed by atoms with Crippen LogP contribution in [0.25, 0.3) is 0 Å². The first-order chi connectivity index (χ1) is 6.69. The van der Waals surface area contributed by atoms with E-state index in [1.165, 1.54) is 25.3 Å². The van der Waals surface area contributed by atoms with Crippen LogP contribution < -0.4 is 4.74 Å². The van der Waals surface area contributed by atoms with Crippen LogP contribution in [-0.4, -0.2) is 13.2 Å². The first-order valence-electron chi connectivity index (χ1n) is 3.74. The molecular formula is C9H7ClFNO2. The molecule has 3 nitrogen and oxygen atoms in total. The first-order valence-corrected chi connectivity index (χ1v) is 4.12. The highest BCUT2D eigenvalue weighted by molar-refractivity contribution is 6.30. The fourth-order valence-electron chi connectivity index (χ4n) is 0.981. The molecule has 0 aliphatic carbocycles. The van der Waals surface area contributed by atoms with E-state index in [1.54, 1.807) is 0 Å². The predicted octanol–water partition coefficient (Wildman–Crippen LogP) is 2.32. The highest BCUT2D eigenvalue weighted by Gasteiger charge is 2.09. The van der Waals surface area contributed by atoms with Crippen molar-refractivity contribution >= 4 is 17.7 Å². The third-order valence-corrected chi connectivity index (χ3v) is 1.88. The minimum absolute atomic E-state index is 0.0357. The van der Waals surface area contributed by atoms with E-state index in [0.717, 1.165) is 0 Å². The minimum Gasteiger partial charge on any atom is -0.494 e. The number of benzene rings is 1. The number of aliphatic imine (C=N–C) groups is 1. The average Bonchev–Trinajstić information content (AvgIpc) is 2.19. The normalized spacial score (nSPS) is 9.36. The third kappa shape index (κ3) is 2.31. The summed E-state index contributed by atoms with van der Waals surface area (Å²) in [6.45, 7) is 0.111. The maximum absolute atomic E-state index is 13.1. The second-order valence-electron chi connectivity index (χ2n) is 2.50. The third-order valence-electron chi connectivity index (χ3n) is 1.60. The molecule has 0 bridgehead atoms. The van der Waals surface area contributed by atoms with Gasteiger partial charge in [-0.3, -0.25) is 0 Å². The van der Waals surface area contributed by atoms with Crippen LogP contribution in [0.4, 0.5) is 4.39 Å². The van der Waals surface area contributed by atoms with Crippen molar-refractivity contribution < 1.29 is 13.9 Å². The van der Waals surface area contributed by atoms with E-state index in [0.29, 0.717) is 5.56 Å². The molecule has 0 aliphatic rings. The van der Waals surface area contributed by atoms with Gasteiger partial charge in [-0.1, -0.05) is 11.6 Å². The molecule has 0 saturated heterocycles. The summed E-state index contributed by atoms with van der Waals surface area (Å²) < 4.78 is 17.9. The monoisotopic (exact) mass is 215 g/mol. The van der Waals surface area contributed by atoms with Crippen molar-refractivity contribution in [3.63, 3.8) is 0 Å². The molecule has 0 fully saturated rings. The number of halogens is 2. The van der Waals surface area contributed by atoms with Gasteiger partial charge in [-0.25, -0.2) is 14.2 Å². The van der Waals surface area contributed by atoms with Crippen LogP contribution in [0.15, 0.2) is 17.1 Å². The number of nitrogens with zero attached hydrogens (tertiary/aromatic N) is 1. The van der Waals surface area contributed by atoms with E-state index in [2.05, 4.69) is 4.99 Å². The van der Waals surface area contributed by atoms with Gasteiger partial charge in [-0.05, 0) is 17.7 Å². The van der Waals surface area contributed by atoms with E-state index >= 15 is 0 Å². The lowest BCUT2D eigenvalue weighted by Gasteiger charge is -2.05. The zero-order chi connectivity index (χ0) is 10.6. The molecule has 1 rings (SSSR count). The highest BCUT2D eigenvalue weighted by Crippen LogP contribution is 2.26. The van der Waals surface area contributed by atoms with Crippen LogP contribution in [-0.2, 0) is 11.3 Å². The minimum atomic E-state index is -0.618. The van der Waals surface area contributed by atoms with Crippen molar-refractivity contribution in [2.45, 2.75) is 6.54 Å². The molecule has 0 aromatic heterocycles. The number of carbonyl (C=O) groups excluding carboxylic acids is 1. The standard InChI is InChI=1S/C9H7ClFNO2/c1-14-8-3-6(4-12-5-13)2-7(10)9(8)11/h2-3H,4H2,1H3. The molecule has 0 amide bonds. The molecule has 0 heterocycles. The van der Waals surface area contributed by atoms with Gasteiger partial charge in [0, 0.05) is 0 Å². The van der Waals surface area contributed by atoms with Gasteiger partial charge in [0.2, 0.25) is 6.08 Å². The maximum Gasteiger partial charge on any atom is 0.235 e. The lowest BCUT2D eigenvalue weighted by molar-refractivity contribution is 0.386. The van der Waals surface area contributed by atoms with Gasteiger partial charge in [0.1, 0.15) is 0 Å². The predicted molar refractivity (Wildman–Crippen MR) is 49.8 cm³/mol. The van der Waals surface area contributed by atoms with Crippen LogP contribution >= 0.6 is 11.6 Å². The number of hydrogen-bond acceptors (Lipinski definition) is 3. The molecule has 0 radical (unpaired) electrons. The van der Waals surface area contributed by atoms with Gasteiger partial charge in [-0.15, -0.1) is 0 Å². The van der Waals surface area contributed by atoms with E-state index in [1.807, 2.05) is 0 Å². The summed E-state index contributed by atoms with van der Waals surface area (Å²) >= 11 is 5.58. The Balaban J connectivity index is 3.09. The number of methoxy groups -OCH3 is 1. The Hall–Kier alpha value is -1.38. The molecule has 14 heavy (non-hydrogen) atoms. The molecule has 5 heteroatoms. The van der Waals surface area contributed by atoms with Crippen molar-refractivity contribution in [3.8, 4) is 5.75 Å². The highest BCUT2D eigenvalue weighted by atomic mass is 35.5. The summed E-state index contributed by atoms with van der Waals surface area (Å²) in [4.78, 5) is 13.2. The molecule has 0 saturated carbocycles. The molecule has 1 aromatic rings. The van der Waals surface area contributed by atoms with Crippen molar-refractivity contribution in [1.82, 2.24) is 0 Å². The Morgan fingerprint density at radius 2 is 2.36 bits per heavy atom. The average molecular weight is 216 g/mol. The summed E-state index contributed by atoms with van der Waals surface area (Å²) in [5.41, 5.74) is 0.594. The Bertz CT molecular complexity index is 389. The second-order valence-corrected chi connectivity index (χ2v) is 2.91. The van der Waals surface area contributed by atoms with Crippen molar-refractivity contribution in [2.24, 2.45) is 4.99 Å². The van der Waals surface area contributed by atoms with Gasteiger partial charge < -0.3 is 4.74 Å². The van der Waals surface area contributed by atoms with Crippen molar-refractivity contribution in [3.05, 3.63) is 28.5 Å². The van der Waals surface area contributed by atoms with Crippen LogP contribution in [0.2, 0.25) is 5.02 Å². The zero-order valence-corrected chi connectivity index (χ0v) is 8.14. The SMILES string of the molecule is COc1cc(CN=C=O)cc(Cl)c1F. The van der Waals surface area contributed by atoms with Crippen LogP contribution in [0.3, 0.4) is 0 Å². The Labute approximate surface area is 85.2 Å². The maximum atomic E-state index is 13.1. The molecule has 0 atom stereocenters. The number of hydrogen-bond donors (Lipinski definition) is 0. The van der Waals surface area contributed by atoms with Gasteiger partial charge in [0.15, 0.2) is 11.6 Å². The molecule has 0 spiro atoms. The molecule has 0 N–H and O–H groups in total. The summed E-state index contributed by atoms with van der Waals surface area (Å²) in [5.74, 6) is -0.582. The van der Waals surface area contributed by atoms with Gasteiger partial charge in [0.25, 0.3) is 0 Å². The van der Waals surface area contributed by atoms with Crippen LogP contribution in [0.1, 0.15) is 5.56 Å². The zero-order valence-electron chi connectivity index (χ0n) is 7.38. The number of ether oxygens (including phenoxy) is 1. The summed E-state index contributed by atoms with van der Waals surface area (Å²) in [6.07, 6.45) is 1.39. The molecule has 74 valence electrons. The topological polar surface area (TPSA) is 38.7 Å². The van der Waals surface area contributed by atoms with Gasteiger partial charge in [0.05, 0.1) is 18.7 Å². The summed E-state index contributed by atoms with van der Waals surface area (Å²) in [6, 6.07) is 2.82. The van der Waals surface area contributed by atoms with Gasteiger partial charge >= 0.3 is 0 Å². The number of isocyanates is 1. The van der Waals surface area contributed by atoms with E-state index in [-0.39, 0.29) is 17.3 Å². The summed E-state index contributed by atoms with van der Waals surface area (Å²) in [5, 5.41) is -0.0551. The molecule has 0 aliphatic heterocycles. The Morgan fingerprint density at radius 3 is 2.93 bits per heavy atom. The second kappa shape index (κ2) is 4.74. The van der Waals surface area contributed by atoms with E-state index in [9.17, 15) is 9.18 Å². The Morgan fingerprint density at radius 1 is 1.64 bits per heavy atom. The molecular weight excluding hydrogens is 209 g/mol. The van der Waals surface area contributed by atoms with Gasteiger partial charge in [-0.2, -0.15) is 0 Å². The first kappa shape index (κ1) is 10.7. The van der Waals surface area contributed by atoms with Crippen LogP contribution in [0, 0.1) is 5.82 Å².